The molecule has 6 rings (SSSR count). The molecule has 0 aliphatic heterocycles. The molecule has 0 atom stereocenters. The Bertz CT molecular complexity index is 1030. The van der Waals surface area contributed by atoms with Crippen LogP contribution in [0.4, 0.5) is 10.8 Å². The van der Waals surface area contributed by atoms with Gasteiger partial charge in [-0.25, -0.2) is 8.42 Å². The Kier molecular flexibility index (Phi) is 4.85. The van der Waals surface area contributed by atoms with Gasteiger partial charge in [0, 0.05) is 5.69 Å². The van der Waals surface area contributed by atoms with E-state index < -0.39 is 10.0 Å². The maximum atomic E-state index is 13.2. The van der Waals surface area contributed by atoms with Gasteiger partial charge in [-0.3, -0.25) is 9.52 Å². The van der Waals surface area contributed by atoms with Crippen molar-refractivity contribution < 1.29 is 13.2 Å². The van der Waals surface area contributed by atoms with Crippen molar-refractivity contribution in [2.45, 2.75) is 56.8 Å². The standard InChI is InChI=1S/C21H26N4O3S2/c1-2-18-23-24-20(29-18)25-30(27,28)17-5-3-16(4-6-17)22-19(26)21-10-13-7-14(11-21)9-15(8-13)12-21/h3-6,13-15H,2,7-12H2,1H3,(H,22,26)(H,24,25). The largest absolute Gasteiger partial charge is 0.326 e. The fourth-order valence-corrected chi connectivity index (χ4v) is 7.89. The molecular formula is C21H26N4O3S2. The van der Waals surface area contributed by atoms with Gasteiger partial charge in [0.25, 0.3) is 10.0 Å². The van der Waals surface area contributed by atoms with E-state index in [1.54, 1.807) is 12.1 Å². The smallest absolute Gasteiger partial charge is 0.263 e. The number of aromatic nitrogens is 2. The van der Waals surface area contributed by atoms with E-state index in [0.29, 0.717) is 29.9 Å². The highest BCUT2D eigenvalue weighted by molar-refractivity contribution is 7.93. The van der Waals surface area contributed by atoms with Crippen LogP contribution in [-0.4, -0.2) is 24.5 Å². The normalized spacial score (nSPS) is 29.7. The summed E-state index contributed by atoms with van der Waals surface area (Å²) in [5.74, 6) is 2.22. The molecule has 30 heavy (non-hydrogen) atoms. The van der Waals surface area contributed by atoms with Gasteiger partial charge in [-0.2, -0.15) is 0 Å². The van der Waals surface area contributed by atoms with E-state index in [2.05, 4.69) is 20.2 Å². The molecule has 0 unspecified atom stereocenters. The molecule has 4 fully saturated rings. The molecule has 0 saturated heterocycles. The number of amides is 1. The lowest BCUT2D eigenvalue weighted by molar-refractivity contribution is -0.140. The van der Waals surface area contributed by atoms with E-state index in [0.717, 1.165) is 24.3 Å². The summed E-state index contributed by atoms with van der Waals surface area (Å²) in [6, 6.07) is 6.34. The van der Waals surface area contributed by atoms with E-state index in [4.69, 9.17) is 0 Å². The van der Waals surface area contributed by atoms with Crippen molar-refractivity contribution in [1.29, 1.82) is 0 Å². The molecule has 4 bridgehead atoms. The summed E-state index contributed by atoms with van der Waals surface area (Å²) in [4.78, 5) is 13.3. The van der Waals surface area contributed by atoms with Crippen LogP contribution >= 0.6 is 11.3 Å². The Morgan fingerprint density at radius 2 is 1.67 bits per heavy atom. The first kappa shape index (κ1) is 19.9. The third-order valence-corrected chi connectivity index (χ3v) is 9.40. The second kappa shape index (κ2) is 7.30. The third kappa shape index (κ3) is 3.62. The summed E-state index contributed by atoms with van der Waals surface area (Å²) in [5, 5.41) is 11.9. The lowest BCUT2D eigenvalue weighted by atomic mass is 9.49. The van der Waals surface area contributed by atoms with Gasteiger partial charge in [-0.05, 0) is 87.0 Å². The van der Waals surface area contributed by atoms with Crippen molar-refractivity contribution in [1.82, 2.24) is 10.2 Å². The van der Waals surface area contributed by atoms with E-state index in [1.165, 1.54) is 42.7 Å². The third-order valence-electron chi connectivity index (χ3n) is 6.93. The highest BCUT2D eigenvalue weighted by atomic mass is 32.2. The summed E-state index contributed by atoms with van der Waals surface area (Å²) in [5.41, 5.74) is 0.412. The fraction of sp³-hybridized carbons (Fsp3) is 0.571. The summed E-state index contributed by atoms with van der Waals surface area (Å²) in [6.07, 6.45) is 7.59. The average molecular weight is 447 g/mol. The Morgan fingerprint density at radius 3 is 2.20 bits per heavy atom. The fourth-order valence-electron chi connectivity index (χ4n) is 5.98. The van der Waals surface area contributed by atoms with Crippen molar-refractivity contribution in [2.75, 3.05) is 10.0 Å². The summed E-state index contributed by atoms with van der Waals surface area (Å²) in [6.45, 7) is 1.94. The number of nitrogens with one attached hydrogen (secondary N) is 2. The predicted molar refractivity (Wildman–Crippen MR) is 116 cm³/mol. The van der Waals surface area contributed by atoms with Crippen LogP contribution in [0.2, 0.25) is 0 Å². The number of rotatable bonds is 6. The monoisotopic (exact) mass is 446 g/mol. The molecule has 0 spiro atoms. The predicted octanol–water partition coefficient (Wildman–Crippen LogP) is 4.06. The minimum absolute atomic E-state index is 0.108. The van der Waals surface area contributed by atoms with Crippen LogP contribution in [0.15, 0.2) is 29.2 Å². The molecule has 4 saturated carbocycles. The lowest BCUT2D eigenvalue weighted by Crippen LogP contribution is -2.51. The summed E-state index contributed by atoms with van der Waals surface area (Å²) in [7, 11) is -3.75. The summed E-state index contributed by atoms with van der Waals surface area (Å²) < 4.78 is 27.7. The summed E-state index contributed by atoms with van der Waals surface area (Å²) >= 11 is 1.22. The van der Waals surface area contributed by atoms with Crippen molar-refractivity contribution in [3.63, 3.8) is 0 Å². The maximum Gasteiger partial charge on any atom is 0.263 e. The van der Waals surface area contributed by atoms with Crippen LogP contribution in [0.5, 0.6) is 0 Å². The van der Waals surface area contributed by atoms with Crippen LogP contribution in [0.25, 0.3) is 0 Å². The van der Waals surface area contributed by atoms with Crippen LogP contribution in [0.3, 0.4) is 0 Å². The van der Waals surface area contributed by atoms with E-state index in [9.17, 15) is 13.2 Å². The number of hydrogen-bond acceptors (Lipinski definition) is 6. The minimum atomic E-state index is -3.75. The van der Waals surface area contributed by atoms with Gasteiger partial charge in [-0.15, -0.1) is 10.2 Å². The van der Waals surface area contributed by atoms with Crippen LogP contribution in [-0.2, 0) is 21.2 Å². The zero-order valence-electron chi connectivity index (χ0n) is 16.9. The van der Waals surface area contributed by atoms with E-state index in [-0.39, 0.29) is 21.3 Å². The van der Waals surface area contributed by atoms with Crippen molar-refractivity contribution in [3.05, 3.63) is 29.3 Å². The van der Waals surface area contributed by atoms with Crippen LogP contribution < -0.4 is 10.0 Å². The molecule has 160 valence electrons. The molecular weight excluding hydrogens is 420 g/mol. The Labute approximate surface area is 180 Å². The second-order valence-electron chi connectivity index (χ2n) is 9.14. The highest BCUT2D eigenvalue weighted by Gasteiger charge is 2.54. The molecule has 4 aliphatic carbocycles. The van der Waals surface area contributed by atoms with Crippen molar-refractivity contribution in [2.24, 2.45) is 23.2 Å². The van der Waals surface area contributed by atoms with Gasteiger partial charge in [0.15, 0.2) is 0 Å². The average Bonchev–Trinajstić information content (AvgIpc) is 3.14. The number of aryl methyl sites for hydroxylation is 1. The quantitative estimate of drug-likeness (QED) is 0.697. The van der Waals surface area contributed by atoms with Crippen LogP contribution in [0.1, 0.15) is 50.5 Å². The van der Waals surface area contributed by atoms with Crippen LogP contribution in [0, 0.1) is 23.2 Å². The number of benzene rings is 1. The van der Waals surface area contributed by atoms with Crippen molar-refractivity contribution >= 4 is 38.1 Å². The molecule has 0 radical (unpaired) electrons. The number of carbonyl (C=O) groups excluding carboxylic acids is 1. The number of hydrogen-bond donors (Lipinski definition) is 2. The van der Waals surface area contributed by atoms with Gasteiger partial charge in [0.2, 0.25) is 11.0 Å². The maximum absolute atomic E-state index is 13.2. The van der Waals surface area contributed by atoms with E-state index in [1.807, 2.05) is 6.92 Å². The first-order valence-corrected chi connectivity index (χ1v) is 12.9. The topological polar surface area (TPSA) is 101 Å². The minimum Gasteiger partial charge on any atom is -0.326 e. The number of nitrogens with zero attached hydrogens (tertiary/aromatic N) is 2. The zero-order chi connectivity index (χ0) is 20.9. The second-order valence-corrected chi connectivity index (χ2v) is 11.9. The highest BCUT2D eigenvalue weighted by Crippen LogP contribution is 2.60. The molecule has 1 aromatic heterocycles. The molecule has 2 N–H and O–H groups in total. The molecule has 1 aromatic carbocycles. The van der Waals surface area contributed by atoms with Gasteiger partial charge >= 0.3 is 0 Å². The van der Waals surface area contributed by atoms with Gasteiger partial charge in [-0.1, -0.05) is 18.3 Å². The number of carbonyl (C=O) groups is 1. The molecule has 1 amide bonds. The van der Waals surface area contributed by atoms with Gasteiger partial charge in [0.05, 0.1) is 10.3 Å². The van der Waals surface area contributed by atoms with Crippen molar-refractivity contribution in [3.8, 4) is 0 Å². The first-order chi connectivity index (χ1) is 14.3. The van der Waals surface area contributed by atoms with Gasteiger partial charge < -0.3 is 5.32 Å². The van der Waals surface area contributed by atoms with Gasteiger partial charge in [0.1, 0.15) is 5.01 Å². The first-order valence-electron chi connectivity index (χ1n) is 10.6. The molecule has 1 heterocycles. The number of anilines is 2. The number of sulfonamides is 1. The SMILES string of the molecule is CCc1nnc(NS(=O)(=O)c2ccc(NC(=O)C34CC5CC(CC(C5)C3)C4)cc2)s1. The molecule has 4 aliphatic rings. The Morgan fingerprint density at radius 1 is 1.07 bits per heavy atom. The molecule has 7 nitrogen and oxygen atoms in total. The lowest BCUT2D eigenvalue weighted by Gasteiger charge is -2.55. The zero-order valence-corrected chi connectivity index (χ0v) is 18.6. The molecule has 9 heteroatoms. The molecule has 2 aromatic rings. The Hall–Kier alpha value is -2.00. The Balaban J connectivity index is 1.27. The van der Waals surface area contributed by atoms with E-state index >= 15 is 0 Å².